The molecule has 164 valence electrons. The van der Waals surface area contributed by atoms with E-state index in [1.807, 2.05) is 12.1 Å². The Balaban J connectivity index is 1.48. The number of carbonyl (C=O) groups is 1. The number of nitrogens with one attached hydrogen (secondary N) is 1. The number of halogens is 1. The summed E-state index contributed by atoms with van der Waals surface area (Å²) in [5.74, 6) is 0.762. The van der Waals surface area contributed by atoms with Crippen LogP contribution >= 0.6 is 0 Å². The Morgan fingerprint density at radius 3 is 2.81 bits per heavy atom. The van der Waals surface area contributed by atoms with Gasteiger partial charge in [-0.1, -0.05) is 12.1 Å². The van der Waals surface area contributed by atoms with Gasteiger partial charge >= 0.3 is 0 Å². The van der Waals surface area contributed by atoms with Crippen molar-refractivity contribution < 1.29 is 19.0 Å². The van der Waals surface area contributed by atoms with Crippen LogP contribution in [0.2, 0.25) is 0 Å². The van der Waals surface area contributed by atoms with E-state index >= 15 is 0 Å². The van der Waals surface area contributed by atoms with Crippen molar-refractivity contribution in [3.8, 4) is 17.0 Å². The molecule has 5 rings (SSSR count). The van der Waals surface area contributed by atoms with Gasteiger partial charge in [-0.05, 0) is 49.6 Å². The van der Waals surface area contributed by atoms with E-state index in [4.69, 9.17) is 4.74 Å². The summed E-state index contributed by atoms with van der Waals surface area (Å²) in [5, 5.41) is 13.4. The lowest BCUT2D eigenvalue weighted by Crippen LogP contribution is -2.29. The zero-order valence-corrected chi connectivity index (χ0v) is 17.6. The number of hydrogen-bond acceptors (Lipinski definition) is 6. The van der Waals surface area contributed by atoms with Crippen molar-refractivity contribution >= 4 is 17.5 Å². The largest absolute Gasteiger partial charge is 0.496 e. The van der Waals surface area contributed by atoms with E-state index in [0.29, 0.717) is 34.2 Å². The topological polar surface area (TPSA) is 87.6 Å². The number of aliphatic hydroxyl groups excluding tert-OH is 1. The number of ether oxygens (including phenoxy) is 1. The van der Waals surface area contributed by atoms with Crippen molar-refractivity contribution in [2.75, 3.05) is 17.3 Å². The lowest BCUT2D eigenvalue weighted by molar-refractivity contribution is 0.0996. The van der Waals surface area contributed by atoms with Crippen LogP contribution in [0.25, 0.3) is 11.3 Å². The third kappa shape index (κ3) is 3.46. The Morgan fingerprint density at radius 1 is 1.19 bits per heavy atom. The summed E-state index contributed by atoms with van der Waals surface area (Å²) in [7, 11) is 1.47. The van der Waals surface area contributed by atoms with Gasteiger partial charge in [0, 0.05) is 17.3 Å². The van der Waals surface area contributed by atoms with Crippen molar-refractivity contribution in [2.24, 2.45) is 0 Å². The minimum Gasteiger partial charge on any atom is -0.496 e. The predicted molar refractivity (Wildman–Crippen MR) is 118 cm³/mol. The molecule has 0 unspecified atom stereocenters. The average molecular weight is 434 g/mol. The number of pyridine rings is 2. The molecule has 0 spiro atoms. The molecule has 0 saturated heterocycles. The Hall–Kier alpha value is -3.52. The fourth-order valence-electron chi connectivity index (χ4n) is 4.49. The van der Waals surface area contributed by atoms with Gasteiger partial charge in [0.25, 0.3) is 5.91 Å². The Bertz CT molecular complexity index is 1190. The van der Waals surface area contributed by atoms with E-state index in [9.17, 15) is 14.3 Å². The number of nitrogens with zero attached hydrogens (tertiary/aromatic N) is 3. The van der Waals surface area contributed by atoms with Crippen LogP contribution in [0.5, 0.6) is 5.75 Å². The molecule has 1 aliphatic carbocycles. The molecule has 2 aliphatic rings. The quantitative estimate of drug-likeness (QED) is 0.636. The first-order valence-electron chi connectivity index (χ1n) is 10.6. The molecule has 1 fully saturated rings. The summed E-state index contributed by atoms with van der Waals surface area (Å²) in [6.45, 7) is 0.220. The zero-order valence-electron chi connectivity index (χ0n) is 17.6. The second kappa shape index (κ2) is 8.20. The highest BCUT2D eigenvalue weighted by molar-refractivity contribution is 6.10. The maximum absolute atomic E-state index is 14.7. The van der Waals surface area contributed by atoms with Gasteiger partial charge in [-0.2, -0.15) is 0 Å². The van der Waals surface area contributed by atoms with Gasteiger partial charge in [-0.3, -0.25) is 14.7 Å². The minimum absolute atomic E-state index is 0.0476. The SMILES string of the molecule is COc1cccc(F)c1-c1nccc2c1CN(c1cccc(N[C@@H]3CCC[C@H]3O)n1)C2=O. The molecule has 0 bridgehead atoms. The number of hydrogen-bond donors (Lipinski definition) is 2. The second-order valence-corrected chi connectivity index (χ2v) is 8.02. The Labute approximate surface area is 184 Å². The molecule has 3 aromatic rings. The smallest absolute Gasteiger partial charge is 0.260 e. The van der Waals surface area contributed by atoms with Gasteiger partial charge in [0.05, 0.1) is 37.1 Å². The molecule has 1 amide bonds. The maximum Gasteiger partial charge on any atom is 0.260 e. The van der Waals surface area contributed by atoms with Gasteiger partial charge in [-0.25, -0.2) is 9.37 Å². The first-order chi connectivity index (χ1) is 15.6. The standard InChI is InChI=1S/C24H23FN4O3/c1-32-19-8-2-5-16(25)22(19)23-15-13-29(24(31)14(15)11-12-26-23)21-10-4-9-20(28-21)27-17-6-3-7-18(17)30/h2,4-5,8-12,17-18,30H,3,6-7,13H2,1H3,(H,27,28)/t17-,18-/m1/s1. The summed E-state index contributed by atoms with van der Waals surface area (Å²) in [5.41, 5.74) is 1.72. The molecule has 7 nitrogen and oxygen atoms in total. The lowest BCUT2D eigenvalue weighted by atomic mass is 10.0. The number of aromatic nitrogens is 2. The van der Waals surface area contributed by atoms with E-state index < -0.39 is 11.9 Å². The molecule has 1 aliphatic heterocycles. The van der Waals surface area contributed by atoms with Crippen LogP contribution in [0.1, 0.15) is 35.2 Å². The minimum atomic E-state index is -0.462. The zero-order chi connectivity index (χ0) is 22.2. The summed E-state index contributed by atoms with van der Waals surface area (Å²) >= 11 is 0. The van der Waals surface area contributed by atoms with Crippen LogP contribution in [0.4, 0.5) is 16.0 Å². The van der Waals surface area contributed by atoms with E-state index in [0.717, 1.165) is 19.3 Å². The highest BCUT2D eigenvalue weighted by Gasteiger charge is 2.34. The predicted octanol–water partition coefficient (Wildman–Crippen LogP) is 3.78. The molecule has 3 heterocycles. The normalized spacial score (nSPS) is 19.8. The van der Waals surface area contributed by atoms with Gasteiger partial charge in [0.1, 0.15) is 23.2 Å². The van der Waals surface area contributed by atoms with Gasteiger partial charge < -0.3 is 15.2 Å². The number of benzene rings is 1. The number of amides is 1. The molecular weight excluding hydrogens is 411 g/mol. The highest BCUT2D eigenvalue weighted by Crippen LogP contribution is 2.38. The van der Waals surface area contributed by atoms with Crippen molar-refractivity contribution in [2.45, 2.75) is 38.0 Å². The molecule has 2 N–H and O–H groups in total. The van der Waals surface area contributed by atoms with Crippen LogP contribution < -0.4 is 15.0 Å². The third-order valence-electron chi connectivity index (χ3n) is 6.10. The van der Waals surface area contributed by atoms with Crippen LogP contribution in [-0.2, 0) is 6.54 Å². The van der Waals surface area contributed by atoms with E-state index in [-0.39, 0.29) is 24.1 Å². The molecule has 8 heteroatoms. The fraction of sp³-hybridized carbons (Fsp3) is 0.292. The molecule has 2 aromatic heterocycles. The Morgan fingerprint density at radius 2 is 2.03 bits per heavy atom. The van der Waals surface area contributed by atoms with E-state index in [1.54, 1.807) is 29.2 Å². The number of methoxy groups -OCH3 is 1. The van der Waals surface area contributed by atoms with Gasteiger partial charge in [0.15, 0.2) is 0 Å². The second-order valence-electron chi connectivity index (χ2n) is 8.02. The molecule has 0 radical (unpaired) electrons. The molecule has 32 heavy (non-hydrogen) atoms. The average Bonchev–Trinajstić information content (AvgIpc) is 3.36. The van der Waals surface area contributed by atoms with E-state index in [1.165, 1.54) is 19.4 Å². The van der Waals surface area contributed by atoms with E-state index in [2.05, 4.69) is 15.3 Å². The van der Waals surface area contributed by atoms with Gasteiger partial charge in [0.2, 0.25) is 0 Å². The monoisotopic (exact) mass is 434 g/mol. The third-order valence-corrected chi connectivity index (χ3v) is 6.10. The summed E-state index contributed by atoms with van der Waals surface area (Å²) < 4.78 is 20.1. The van der Waals surface area contributed by atoms with Crippen molar-refractivity contribution in [3.63, 3.8) is 0 Å². The molecule has 1 saturated carbocycles. The fourth-order valence-corrected chi connectivity index (χ4v) is 4.49. The maximum atomic E-state index is 14.7. The first kappa shape index (κ1) is 20.4. The molecular formula is C24H23FN4O3. The number of rotatable bonds is 5. The first-order valence-corrected chi connectivity index (χ1v) is 10.6. The highest BCUT2D eigenvalue weighted by atomic mass is 19.1. The molecule has 2 atom stereocenters. The lowest BCUT2D eigenvalue weighted by Gasteiger charge is -2.19. The number of aliphatic hydroxyl groups is 1. The van der Waals surface area contributed by atoms with Crippen LogP contribution in [0, 0.1) is 5.82 Å². The van der Waals surface area contributed by atoms with Crippen molar-refractivity contribution in [1.29, 1.82) is 0 Å². The Kier molecular flexibility index (Phi) is 5.22. The molecule has 1 aromatic carbocycles. The van der Waals surface area contributed by atoms with Crippen molar-refractivity contribution in [1.82, 2.24) is 9.97 Å². The van der Waals surface area contributed by atoms with Crippen molar-refractivity contribution in [3.05, 3.63) is 65.6 Å². The number of carbonyl (C=O) groups excluding carboxylic acids is 1. The van der Waals surface area contributed by atoms with Crippen LogP contribution in [0.3, 0.4) is 0 Å². The van der Waals surface area contributed by atoms with Gasteiger partial charge in [-0.15, -0.1) is 0 Å². The number of anilines is 2. The summed E-state index contributed by atoms with van der Waals surface area (Å²) in [4.78, 5) is 23.7. The summed E-state index contributed by atoms with van der Waals surface area (Å²) in [6, 6.07) is 11.6. The summed E-state index contributed by atoms with van der Waals surface area (Å²) in [6.07, 6.45) is 3.72. The van der Waals surface area contributed by atoms with Crippen LogP contribution in [-0.4, -0.2) is 40.2 Å². The van der Waals surface area contributed by atoms with Crippen LogP contribution in [0.15, 0.2) is 48.7 Å². The number of fused-ring (bicyclic) bond motifs is 1.